The van der Waals surface area contributed by atoms with Gasteiger partial charge in [0.15, 0.2) is 0 Å². The highest BCUT2D eigenvalue weighted by atomic mass is 79.9. The number of alkyl halides is 1. The van der Waals surface area contributed by atoms with Gasteiger partial charge in [-0.3, -0.25) is 0 Å². The molecule has 1 aliphatic carbocycles. The maximum absolute atomic E-state index is 6.20. The van der Waals surface area contributed by atoms with Gasteiger partial charge in [0.05, 0.1) is 5.60 Å². The van der Waals surface area contributed by atoms with Gasteiger partial charge < -0.3 is 4.74 Å². The zero-order valence-electron chi connectivity index (χ0n) is 11.8. The van der Waals surface area contributed by atoms with Crippen LogP contribution in [-0.2, 0) is 4.74 Å². The molecule has 0 heterocycles. The second-order valence-electron chi connectivity index (χ2n) is 5.95. The van der Waals surface area contributed by atoms with Crippen molar-refractivity contribution in [2.75, 3.05) is 11.9 Å². The van der Waals surface area contributed by atoms with Crippen molar-refractivity contribution in [1.82, 2.24) is 0 Å². The lowest BCUT2D eigenvalue weighted by Gasteiger charge is -2.40. The molecule has 17 heavy (non-hydrogen) atoms. The van der Waals surface area contributed by atoms with E-state index in [0.717, 1.165) is 23.8 Å². The molecule has 0 spiro atoms. The third kappa shape index (κ3) is 4.90. The van der Waals surface area contributed by atoms with Crippen molar-refractivity contribution in [3.63, 3.8) is 0 Å². The Kier molecular flexibility index (Phi) is 7.10. The molecule has 0 bridgehead atoms. The van der Waals surface area contributed by atoms with Crippen molar-refractivity contribution in [2.45, 2.75) is 71.3 Å². The Hall–Kier alpha value is 0.440. The predicted molar refractivity (Wildman–Crippen MR) is 78.8 cm³/mol. The van der Waals surface area contributed by atoms with E-state index >= 15 is 0 Å². The maximum Gasteiger partial charge on any atom is 0.0779 e. The summed E-state index contributed by atoms with van der Waals surface area (Å²) in [5.41, 5.74) is 0.152. The van der Waals surface area contributed by atoms with Crippen LogP contribution in [0.2, 0.25) is 0 Å². The van der Waals surface area contributed by atoms with E-state index in [9.17, 15) is 0 Å². The summed E-state index contributed by atoms with van der Waals surface area (Å²) < 4.78 is 6.20. The van der Waals surface area contributed by atoms with Crippen LogP contribution in [0.15, 0.2) is 0 Å². The van der Waals surface area contributed by atoms with Crippen LogP contribution in [0.5, 0.6) is 0 Å². The first kappa shape index (κ1) is 15.5. The monoisotopic (exact) mass is 304 g/mol. The SMILES string of the molecule is CCCCCOC1(CBr)CCC(C(C)C)CC1. The number of halogens is 1. The summed E-state index contributed by atoms with van der Waals surface area (Å²) in [6, 6.07) is 0. The average Bonchev–Trinajstić information content (AvgIpc) is 2.35. The molecule has 0 aromatic carbocycles. The summed E-state index contributed by atoms with van der Waals surface area (Å²) >= 11 is 3.67. The second kappa shape index (κ2) is 7.78. The van der Waals surface area contributed by atoms with Gasteiger partial charge in [0, 0.05) is 11.9 Å². The zero-order chi connectivity index (χ0) is 12.7. The maximum atomic E-state index is 6.20. The van der Waals surface area contributed by atoms with E-state index in [2.05, 4.69) is 36.7 Å². The van der Waals surface area contributed by atoms with Crippen molar-refractivity contribution in [3.8, 4) is 0 Å². The van der Waals surface area contributed by atoms with Gasteiger partial charge in [0.2, 0.25) is 0 Å². The van der Waals surface area contributed by atoms with Crippen LogP contribution >= 0.6 is 15.9 Å². The molecule has 0 amide bonds. The minimum absolute atomic E-state index is 0.152. The standard InChI is InChI=1S/C15H29BrO/c1-4-5-6-11-17-15(12-16)9-7-14(8-10-15)13(2)3/h13-14H,4-12H2,1-3H3. The van der Waals surface area contributed by atoms with Gasteiger partial charge in [-0.15, -0.1) is 0 Å². The number of unbranched alkanes of at least 4 members (excludes halogenated alkanes) is 2. The van der Waals surface area contributed by atoms with Crippen LogP contribution < -0.4 is 0 Å². The van der Waals surface area contributed by atoms with E-state index in [1.807, 2.05) is 0 Å². The molecular weight excluding hydrogens is 276 g/mol. The number of ether oxygens (including phenoxy) is 1. The molecule has 0 aromatic rings. The van der Waals surface area contributed by atoms with Gasteiger partial charge in [-0.1, -0.05) is 49.5 Å². The molecule has 0 aliphatic heterocycles. The number of hydrogen-bond donors (Lipinski definition) is 0. The lowest BCUT2D eigenvalue weighted by Crippen LogP contribution is -2.40. The summed E-state index contributed by atoms with van der Waals surface area (Å²) in [6.45, 7) is 7.90. The average molecular weight is 305 g/mol. The zero-order valence-corrected chi connectivity index (χ0v) is 13.4. The molecule has 1 rings (SSSR count). The molecule has 0 radical (unpaired) electrons. The molecular formula is C15H29BrO. The quantitative estimate of drug-likeness (QED) is 0.465. The van der Waals surface area contributed by atoms with Crippen LogP contribution in [0.1, 0.15) is 65.7 Å². The van der Waals surface area contributed by atoms with Gasteiger partial charge >= 0.3 is 0 Å². The van der Waals surface area contributed by atoms with E-state index in [-0.39, 0.29) is 5.60 Å². The fraction of sp³-hybridized carbons (Fsp3) is 1.00. The van der Waals surface area contributed by atoms with E-state index in [4.69, 9.17) is 4.74 Å². The third-order valence-electron chi connectivity index (χ3n) is 4.28. The van der Waals surface area contributed by atoms with Crippen molar-refractivity contribution in [2.24, 2.45) is 11.8 Å². The topological polar surface area (TPSA) is 9.23 Å². The van der Waals surface area contributed by atoms with Gasteiger partial charge in [-0.2, -0.15) is 0 Å². The van der Waals surface area contributed by atoms with Crippen LogP contribution in [0.4, 0.5) is 0 Å². The molecule has 1 aliphatic rings. The number of rotatable bonds is 7. The Morgan fingerprint density at radius 2 is 1.88 bits per heavy atom. The Labute approximate surface area is 116 Å². The minimum Gasteiger partial charge on any atom is -0.374 e. The fourth-order valence-electron chi connectivity index (χ4n) is 2.79. The summed E-state index contributed by atoms with van der Waals surface area (Å²) in [6.07, 6.45) is 8.97. The molecule has 1 nitrogen and oxygen atoms in total. The molecule has 2 heteroatoms. The van der Waals surface area contributed by atoms with Crippen molar-refractivity contribution < 1.29 is 4.74 Å². The third-order valence-corrected chi connectivity index (χ3v) is 5.31. The first-order chi connectivity index (χ1) is 8.13. The highest BCUT2D eigenvalue weighted by molar-refractivity contribution is 9.09. The summed E-state index contributed by atoms with van der Waals surface area (Å²) in [4.78, 5) is 0. The lowest BCUT2D eigenvalue weighted by atomic mass is 9.75. The van der Waals surface area contributed by atoms with Crippen molar-refractivity contribution in [1.29, 1.82) is 0 Å². The van der Waals surface area contributed by atoms with E-state index in [1.165, 1.54) is 44.9 Å². The Morgan fingerprint density at radius 1 is 1.24 bits per heavy atom. The van der Waals surface area contributed by atoms with Gasteiger partial charge in [-0.25, -0.2) is 0 Å². The number of hydrogen-bond acceptors (Lipinski definition) is 1. The lowest BCUT2D eigenvalue weighted by molar-refractivity contribution is -0.0644. The van der Waals surface area contributed by atoms with E-state index < -0.39 is 0 Å². The fourth-order valence-corrected chi connectivity index (χ4v) is 3.51. The van der Waals surface area contributed by atoms with Crippen molar-refractivity contribution in [3.05, 3.63) is 0 Å². The molecule has 102 valence electrons. The molecule has 0 atom stereocenters. The Balaban J connectivity index is 2.33. The largest absolute Gasteiger partial charge is 0.374 e. The first-order valence-corrected chi connectivity index (χ1v) is 8.45. The summed E-state index contributed by atoms with van der Waals surface area (Å²) in [5.74, 6) is 1.75. The van der Waals surface area contributed by atoms with E-state index in [0.29, 0.717) is 0 Å². The highest BCUT2D eigenvalue weighted by Gasteiger charge is 2.35. The van der Waals surface area contributed by atoms with Crippen LogP contribution in [0.3, 0.4) is 0 Å². The second-order valence-corrected chi connectivity index (χ2v) is 6.51. The minimum atomic E-state index is 0.152. The molecule has 1 saturated carbocycles. The van der Waals surface area contributed by atoms with Gasteiger partial charge in [-0.05, 0) is 43.9 Å². The van der Waals surface area contributed by atoms with Gasteiger partial charge in [0.25, 0.3) is 0 Å². The van der Waals surface area contributed by atoms with Crippen LogP contribution in [0.25, 0.3) is 0 Å². The highest BCUT2D eigenvalue weighted by Crippen LogP contribution is 2.39. The predicted octanol–water partition coefficient (Wildman–Crippen LogP) is 5.17. The summed E-state index contributed by atoms with van der Waals surface area (Å²) in [5, 5.41) is 1.01. The summed E-state index contributed by atoms with van der Waals surface area (Å²) in [7, 11) is 0. The first-order valence-electron chi connectivity index (χ1n) is 7.33. The molecule has 0 aromatic heterocycles. The van der Waals surface area contributed by atoms with Crippen molar-refractivity contribution >= 4 is 15.9 Å². The Morgan fingerprint density at radius 3 is 2.35 bits per heavy atom. The van der Waals surface area contributed by atoms with E-state index in [1.54, 1.807) is 0 Å². The van der Waals surface area contributed by atoms with Crippen LogP contribution in [-0.4, -0.2) is 17.5 Å². The molecule has 0 N–H and O–H groups in total. The Bertz CT molecular complexity index is 195. The smallest absolute Gasteiger partial charge is 0.0779 e. The molecule has 1 fully saturated rings. The molecule has 0 saturated heterocycles. The van der Waals surface area contributed by atoms with Crippen LogP contribution in [0, 0.1) is 11.8 Å². The molecule has 0 unspecified atom stereocenters. The normalized spacial score (nSPS) is 29.8. The van der Waals surface area contributed by atoms with Gasteiger partial charge in [0.1, 0.15) is 0 Å².